The highest BCUT2D eigenvalue weighted by molar-refractivity contribution is 7.17. The second-order valence-electron chi connectivity index (χ2n) is 5.86. The monoisotopic (exact) mass is 302 g/mol. The Morgan fingerprint density at radius 3 is 1.30 bits per heavy atom. The van der Waals surface area contributed by atoms with Crippen molar-refractivity contribution in [1.29, 1.82) is 0 Å². The Morgan fingerprint density at radius 1 is 0.600 bits per heavy atom. The van der Waals surface area contributed by atoms with Crippen molar-refractivity contribution in [3.8, 4) is 0 Å². The van der Waals surface area contributed by atoms with E-state index < -0.39 is 0 Å². The zero-order valence-corrected chi connectivity index (χ0v) is 14.5. The van der Waals surface area contributed by atoms with Crippen LogP contribution in [0.3, 0.4) is 0 Å². The first-order valence-electron chi connectivity index (χ1n) is 8.86. The largest absolute Gasteiger partial charge is 0.327 e. The Balaban J connectivity index is 2.90. The number of rotatable bonds is 17. The summed E-state index contributed by atoms with van der Waals surface area (Å²) in [6.45, 7) is 2.92. The molecule has 0 rings (SSSR count). The fourth-order valence-electron chi connectivity index (χ4n) is 2.58. The van der Waals surface area contributed by atoms with Crippen LogP contribution in [0.25, 0.3) is 0 Å². The van der Waals surface area contributed by atoms with Gasteiger partial charge in [-0.2, -0.15) is 0 Å². The molecule has 0 radical (unpaired) electrons. The minimum Gasteiger partial charge on any atom is -0.294 e. The van der Waals surface area contributed by atoms with Crippen molar-refractivity contribution in [2.24, 2.45) is 0 Å². The van der Waals surface area contributed by atoms with Gasteiger partial charge in [-0.3, -0.25) is 4.52 Å². The summed E-state index contributed by atoms with van der Waals surface area (Å²) in [6, 6.07) is 0. The van der Waals surface area contributed by atoms with E-state index in [-0.39, 0.29) is 8.69 Å². The molecule has 0 unspecified atom stereocenters. The molecule has 20 heavy (non-hydrogen) atoms. The summed E-state index contributed by atoms with van der Waals surface area (Å²) in [6.07, 6.45) is 20.6. The molecule has 0 atom stereocenters. The SMILES string of the molecule is CCCCCCCCCCCCCCCCCOP=O. The molecule has 0 amide bonds. The van der Waals surface area contributed by atoms with Crippen LogP contribution in [0.1, 0.15) is 103 Å². The minimum absolute atomic E-state index is 0.172. The van der Waals surface area contributed by atoms with Gasteiger partial charge in [0.25, 0.3) is 0 Å². The van der Waals surface area contributed by atoms with Gasteiger partial charge in [-0.05, 0) is 6.42 Å². The molecular formula is C17H35O2P. The summed E-state index contributed by atoms with van der Waals surface area (Å²) in [4.78, 5) is 0. The second-order valence-corrected chi connectivity index (χ2v) is 6.26. The smallest absolute Gasteiger partial charge is 0.294 e. The number of hydrogen-bond acceptors (Lipinski definition) is 2. The van der Waals surface area contributed by atoms with Crippen LogP contribution in [-0.2, 0) is 9.09 Å². The Hall–Kier alpha value is 0.0600. The van der Waals surface area contributed by atoms with E-state index >= 15 is 0 Å². The average Bonchev–Trinajstić information content (AvgIpc) is 2.47. The average molecular weight is 302 g/mol. The molecule has 0 aliphatic heterocycles. The lowest BCUT2D eigenvalue weighted by atomic mass is 10.0. The predicted octanol–water partition coefficient (Wildman–Crippen LogP) is 7.08. The summed E-state index contributed by atoms with van der Waals surface area (Å²) in [5, 5.41) is 0. The van der Waals surface area contributed by atoms with Gasteiger partial charge < -0.3 is 0 Å². The van der Waals surface area contributed by atoms with Crippen molar-refractivity contribution in [3.05, 3.63) is 0 Å². The first-order valence-corrected chi connectivity index (χ1v) is 9.59. The Kier molecular flexibility index (Phi) is 19.1. The highest BCUT2D eigenvalue weighted by Crippen LogP contribution is 2.13. The van der Waals surface area contributed by atoms with E-state index in [9.17, 15) is 4.57 Å². The molecule has 0 bridgehead atoms. The van der Waals surface area contributed by atoms with Crippen LogP contribution in [0.4, 0.5) is 0 Å². The van der Waals surface area contributed by atoms with Crippen LogP contribution in [0.5, 0.6) is 0 Å². The molecule has 120 valence electrons. The van der Waals surface area contributed by atoms with Crippen molar-refractivity contribution in [1.82, 2.24) is 0 Å². The summed E-state index contributed by atoms with van der Waals surface area (Å²) in [5.41, 5.74) is 0. The highest BCUT2D eigenvalue weighted by atomic mass is 31.1. The van der Waals surface area contributed by atoms with Crippen LogP contribution < -0.4 is 0 Å². The lowest BCUT2D eigenvalue weighted by molar-refractivity contribution is 0.328. The maximum absolute atomic E-state index is 10.0. The van der Waals surface area contributed by atoms with Gasteiger partial charge >= 0.3 is 8.69 Å². The third-order valence-corrected chi connectivity index (χ3v) is 4.18. The molecule has 0 aliphatic carbocycles. The van der Waals surface area contributed by atoms with Gasteiger partial charge in [0.1, 0.15) is 0 Å². The summed E-state index contributed by atoms with van der Waals surface area (Å²) in [7, 11) is -0.172. The molecule has 0 aliphatic rings. The van der Waals surface area contributed by atoms with Crippen molar-refractivity contribution >= 4 is 8.69 Å². The first-order chi connectivity index (χ1) is 9.91. The Labute approximate surface area is 128 Å². The maximum Gasteiger partial charge on any atom is 0.327 e. The predicted molar refractivity (Wildman–Crippen MR) is 88.5 cm³/mol. The topological polar surface area (TPSA) is 26.3 Å². The van der Waals surface area contributed by atoms with Crippen molar-refractivity contribution in [3.63, 3.8) is 0 Å². The van der Waals surface area contributed by atoms with Gasteiger partial charge in [-0.15, -0.1) is 0 Å². The van der Waals surface area contributed by atoms with Gasteiger partial charge in [-0.1, -0.05) is 96.8 Å². The molecule has 3 heteroatoms. The standard InChI is InChI=1S/C17H35O2P/c1-2-3-4-5-6-7-8-9-10-11-12-13-14-15-16-17-19-20-18/h2-17H2,1H3. The normalized spacial score (nSPS) is 11.2. The molecular weight excluding hydrogens is 267 g/mol. The lowest BCUT2D eigenvalue weighted by Crippen LogP contribution is -1.86. The van der Waals surface area contributed by atoms with Crippen molar-refractivity contribution in [2.45, 2.75) is 103 Å². The zero-order valence-electron chi connectivity index (χ0n) is 13.6. The van der Waals surface area contributed by atoms with Crippen LogP contribution >= 0.6 is 8.69 Å². The highest BCUT2D eigenvalue weighted by Gasteiger charge is 1.94. The van der Waals surface area contributed by atoms with Gasteiger partial charge in [0.05, 0.1) is 6.61 Å². The quantitative estimate of drug-likeness (QED) is 0.212. The van der Waals surface area contributed by atoms with Crippen LogP contribution in [-0.4, -0.2) is 6.61 Å². The van der Waals surface area contributed by atoms with Crippen molar-refractivity contribution < 1.29 is 9.09 Å². The summed E-state index contributed by atoms with van der Waals surface area (Å²) < 4.78 is 14.8. The van der Waals surface area contributed by atoms with Gasteiger partial charge in [-0.25, -0.2) is 4.57 Å². The molecule has 0 heterocycles. The van der Waals surface area contributed by atoms with Gasteiger partial charge in [0.2, 0.25) is 0 Å². The van der Waals surface area contributed by atoms with Gasteiger partial charge in [0.15, 0.2) is 0 Å². The number of unbranched alkanes of at least 4 members (excludes halogenated alkanes) is 14. The molecule has 0 aromatic rings. The molecule has 0 saturated heterocycles. The molecule has 0 spiro atoms. The zero-order chi connectivity index (χ0) is 14.7. The summed E-state index contributed by atoms with van der Waals surface area (Å²) >= 11 is 0. The van der Waals surface area contributed by atoms with Crippen LogP contribution in [0.15, 0.2) is 0 Å². The lowest BCUT2D eigenvalue weighted by Gasteiger charge is -2.03. The fraction of sp³-hybridized carbons (Fsp3) is 1.00. The van der Waals surface area contributed by atoms with E-state index in [4.69, 9.17) is 4.52 Å². The third-order valence-electron chi connectivity index (χ3n) is 3.89. The Bertz CT molecular complexity index is 186. The minimum atomic E-state index is -0.172. The van der Waals surface area contributed by atoms with E-state index in [1.165, 1.54) is 89.9 Å². The second kappa shape index (κ2) is 19.1. The van der Waals surface area contributed by atoms with E-state index in [0.717, 1.165) is 6.42 Å². The van der Waals surface area contributed by atoms with E-state index in [1.54, 1.807) is 0 Å². The van der Waals surface area contributed by atoms with E-state index in [0.29, 0.717) is 6.61 Å². The van der Waals surface area contributed by atoms with E-state index in [1.807, 2.05) is 0 Å². The number of hydrogen-bond donors (Lipinski definition) is 0. The fourth-order valence-corrected chi connectivity index (χ4v) is 2.78. The Morgan fingerprint density at radius 2 is 0.950 bits per heavy atom. The van der Waals surface area contributed by atoms with Crippen LogP contribution in [0, 0.1) is 0 Å². The maximum atomic E-state index is 10.0. The molecule has 0 saturated carbocycles. The molecule has 2 nitrogen and oxygen atoms in total. The van der Waals surface area contributed by atoms with Gasteiger partial charge in [0, 0.05) is 0 Å². The molecule has 0 fully saturated rings. The molecule has 0 aromatic heterocycles. The third kappa shape index (κ3) is 18.1. The molecule has 0 N–H and O–H groups in total. The van der Waals surface area contributed by atoms with E-state index in [2.05, 4.69) is 6.92 Å². The van der Waals surface area contributed by atoms with Crippen LogP contribution in [0.2, 0.25) is 0 Å². The first kappa shape index (κ1) is 20.1. The van der Waals surface area contributed by atoms with Crippen molar-refractivity contribution in [2.75, 3.05) is 6.61 Å². The summed E-state index contributed by atoms with van der Waals surface area (Å²) in [5.74, 6) is 0. The molecule has 0 aromatic carbocycles.